The summed E-state index contributed by atoms with van der Waals surface area (Å²) in [6.45, 7) is 4.98. The van der Waals surface area contributed by atoms with Gasteiger partial charge in [0.25, 0.3) is 5.91 Å². The number of aromatic nitrogens is 2. The normalized spacial score (nSPS) is 40.8. The molecule has 0 unspecified atom stereocenters. The zero-order valence-electron chi connectivity index (χ0n) is 21.0. The number of hydrogen-bond donors (Lipinski definition) is 2. The molecule has 6 rings (SSSR count). The first-order chi connectivity index (χ1) is 16.7. The molecule has 0 spiro atoms. The van der Waals surface area contributed by atoms with E-state index in [4.69, 9.17) is 0 Å². The Morgan fingerprint density at radius 1 is 1.14 bits per heavy atom. The van der Waals surface area contributed by atoms with Crippen molar-refractivity contribution in [1.82, 2.24) is 20.2 Å². The number of hydrogen-bond acceptors (Lipinski definition) is 3. The van der Waals surface area contributed by atoms with Crippen LogP contribution in [0.2, 0.25) is 0 Å². The van der Waals surface area contributed by atoms with E-state index in [1.54, 1.807) is 11.9 Å². The van der Waals surface area contributed by atoms with Gasteiger partial charge < -0.3 is 15.2 Å². The number of aromatic amines is 1. The quantitative estimate of drug-likeness (QED) is 0.674. The van der Waals surface area contributed by atoms with Gasteiger partial charge in [0.2, 0.25) is 5.91 Å². The van der Waals surface area contributed by atoms with Gasteiger partial charge in [-0.1, -0.05) is 26.0 Å². The number of nitrogens with zero attached hydrogens (tertiary/aromatic N) is 2. The molecule has 4 fully saturated rings. The van der Waals surface area contributed by atoms with E-state index in [1.165, 1.54) is 0 Å². The van der Waals surface area contributed by atoms with E-state index in [1.807, 2.05) is 24.3 Å². The number of carbonyl (C=O) groups is 2. The number of carbonyl (C=O) groups excluding carboxylic acids is 2. The van der Waals surface area contributed by atoms with Crippen molar-refractivity contribution in [3.8, 4) is 0 Å². The Morgan fingerprint density at radius 3 is 2.71 bits per heavy atom. The lowest BCUT2D eigenvalue weighted by Crippen LogP contribution is -2.64. The molecule has 3 aliphatic carbocycles. The fraction of sp³-hybridized carbons (Fsp3) is 0.679. The number of piperidine rings is 1. The number of amides is 2. The first kappa shape index (κ1) is 23.0. The Hall–Kier alpha value is -2.44. The second-order valence-electron chi connectivity index (χ2n) is 12.2. The average Bonchev–Trinajstić information content (AvgIpc) is 3.41. The molecule has 2 aromatic rings. The third-order valence-electron chi connectivity index (χ3n) is 10.7. The van der Waals surface area contributed by atoms with Crippen LogP contribution < -0.4 is 5.32 Å². The monoisotopic (exact) mass is 480 g/mol. The van der Waals surface area contributed by atoms with Crippen LogP contribution in [0, 0.1) is 34.5 Å². The topological polar surface area (TPSA) is 78.1 Å². The molecule has 0 bridgehead atoms. The summed E-state index contributed by atoms with van der Waals surface area (Å²) in [7, 11) is 1.79. The molecule has 4 aliphatic rings. The highest BCUT2D eigenvalue weighted by Crippen LogP contribution is 2.66. The van der Waals surface area contributed by atoms with Gasteiger partial charge >= 0.3 is 0 Å². The summed E-state index contributed by atoms with van der Waals surface area (Å²) >= 11 is 0. The fourth-order valence-electron chi connectivity index (χ4n) is 9.02. The van der Waals surface area contributed by atoms with Crippen LogP contribution in [-0.2, 0) is 16.1 Å². The van der Waals surface area contributed by atoms with Crippen molar-refractivity contribution in [1.29, 1.82) is 0 Å². The SMILES string of the molecule is CN1C(=O)[C@H](F)C[C@]2(C)[C@H]3CC[C@]4(C)[C@@H](C(=O)NCc5nc6ccccc6[nH]5)CC[C@H]4[C@@H]3CC[C@@H]12. The van der Waals surface area contributed by atoms with Crippen molar-refractivity contribution >= 4 is 22.8 Å². The lowest BCUT2D eigenvalue weighted by atomic mass is 9.46. The molecular weight excluding hydrogens is 443 g/mol. The first-order valence-corrected chi connectivity index (χ1v) is 13.3. The van der Waals surface area contributed by atoms with Gasteiger partial charge in [0.15, 0.2) is 6.17 Å². The molecule has 1 saturated heterocycles. The maximum absolute atomic E-state index is 14.8. The molecule has 188 valence electrons. The molecule has 6 nitrogen and oxygen atoms in total. The molecule has 3 saturated carbocycles. The van der Waals surface area contributed by atoms with Crippen LogP contribution in [0.4, 0.5) is 4.39 Å². The second kappa shape index (κ2) is 8.04. The second-order valence-corrected chi connectivity index (χ2v) is 12.2. The predicted molar refractivity (Wildman–Crippen MR) is 132 cm³/mol. The van der Waals surface area contributed by atoms with E-state index in [0.29, 0.717) is 30.7 Å². The highest BCUT2D eigenvalue weighted by molar-refractivity contribution is 5.82. The average molecular weight is 481 g/mol. The first-order valence-electron chi connectivity index (χ1n) is 13.3. The lowest BCUT2D eigenvalue weighted by molar-refractivity contribution is -0.169. The number of fused-ring (bicyclic) bond motifs is 6. The maximum Gasteiger partial charge on any atom is 0.257 e. The van der Waals surface area contributed by atoms with E-state index >= 15 is 0 Å². The van der Waals surface area contributed by atoms with Gasteiger partial charge in [0.05, 0.1) is 17.6 Å². The van der Waals surface area contributed by atoms with Crippen LogP contribution in [0.1, 0.15) is 64.6 Å². The summed E-state index contributed by atoms with van der Waals surface area (Å²) in [6.07, 6.45) is 5.00. The van der Waals surface area contributed by atoms with Gasteiger partial charge in [-0.25, -0.2) is 9.37 Å². The van der Waals surface area contributed by atoms with Gasteiger partial charge in [0, 0.05) is 19.0 Å². The molecule has 8 atom stereocenters. The number of benzene rings is 1. The highest BCUT2D eigenvalue weighted by Gasteiger charge is 2.63. The summed E-state index contributed by atoms with van der Waals surface area (Å²) < 4.78 is 14.8. The smallest absolute Gasteiger partial charge is 0.257 e. The summed E-state index contributed by atoms with van der Waals surface area (Å²) in [5, 5.41) is 3.17. The number of para-hydroxylation sites is 2. The van der Waals surface area contributed by atoms with Gasteiger partial charge in [-0.05, 0) is 85.7 Å². The van der Waals surface area contributed by atoms with Crippen molar-refractivity contribution in [2.75, 3.05) is 7.05 Å². The predicted octanol–water partition coefficient (Wildman–Crippen LogP) is 4.61. The molecule has 0 radical (unpaired) electrons. The highest BCUT2D eigenvalue weighted by atomic mass is 19.1. The fourth-order valence-corrected chi connectivity index (χ4v) is 9.02. The number of imidazole rings is 1. The Morgan fingerprint density at radius 2 is 1.91 bits per heavy atom. The lowest BCUT2D eigenvalue weighted by Gasteiger charge is -2.62. The minimum Gasteiger partial charge on any atom is -0.349 e. The molecule has 2 heterocycles. The van der Waals surface area contributed by atoms with Gasteiger partial charge in [0.1, 0.15) is 5.82 Å². The number of H-pyrrole nitrogens is 1. The standard InChI is InChI=1S/C28H37FN4O2/c1-27-13-12-18-16(8-11-23-28(18,2)14-20(29)26(35)33(23)3)17(27)9-10-19(27)25(34)30-15-24-31-21-6-4-5-7-22(21)32-24/h4-7,16-20,23H,8-15H2,1-3H3,(H,30,34)(H,31,32)/t16-,17-,18-,19+,20+,23+,27-,28+/m0/s1. The summed E-state index contributed by atoms with van der Waals surface area (Å²) in [5.74, 6) is 2.01. The third kappa shape index (κ3) is 3.36. The molecule has 2 N–H and O–H groups in total. The Kier molecular flexibility index (Phi) is 5.28. The zero-order chi connectivity index (χ0) is 24.5. The molecule has 1 aromatic carbocycles. The van der Waals surface area contributed by atoms with Gasteiger partial charge in [-0.3, -0.25) is 9.59 Å². The van der Waals surface area contributed by atoms with Crippen LogP contribution in [0.25, 0.3) is 11.0 Å². The number of nitrogens with one attached hydrogen (secondary N) is 2. The van der Waals surface area contributed by atoms with Crippen molar-refractivity contribution in [2.24, 2.45) is 34.5 Å². The van der Waals surface area contributed by atoms with E-state index in [9.17, 15) is 14.0 Å². The van der Waals surface area contributed by atoms with E-state index in [-0.39, 0.29) is 34.6 Å². The maximum atomic E-state index is 14.8. The van der Waals surface area contributed by atoms with E-state index in [2.05, 4.69) is 29.1 Å². The number of likely N-dealkylation sites (tertiary alicyclic amines) is 1. The minimum atomic E-state index is -1.38. The van der Waals surface area contributed by atoms with Crippen LogP contribution in [0.5, 0.6) is 0 Å². The Balaban J connectivity index is 1.17. The number of halogens is 1. The van der Waals surface area contributed by atoms with Crippen LogP contribution >= 0.6 is 0 Å². The van der Waals surface area contributed by atoms with Crippen LogP contribution in [0.15, 0.2) is 24.3 Å². The third-order valence-corrected chi connectivity index (χ3v) is 10.7. The van der Waals surface area contributed by atoms with Gasteiger partial charge in [-0.15, -0.1) is 0 Å². The largest absolute Gasteiger partial charge is 0.349 e. The summed E-state index contributed by atoms with van der Waals surface area (Å²) in [4.78, 5) is 35.4. The van der Waals surface area contributed by atoms with E-state index < -0.39 is 6.17 Å². The van der Waals surface area contributed by atoms with E-state index in [0.717, 1.165) is 55.4 Å². The zero-order valence-corrected chi connectivity index (χ0v) is 21.0. The molecule has 2 amide bonds. The van der Waals surface area contributed by atoms with Gasteiger partial charge in [-0.2, -0.15) is 0 Å². The molecular formula is C28H37FN4O2. The number of rotatable bonds is 3. The van der Waals surface area contributed by atoms with Crippen molar-refractivity contribution in [3.63, 3.8) is 0 Å². The number of alkyl halides is 1. The molecule has 1 aliphatic heterocycles. The van der Waals surface area contributed by atoms with Crippen LogP contribution in [-0.4, -0.2) is 45.9 Å². The summed E-state index contributed by atoms with van der Waals surface area (Å²) in [6, 6.07) is 8.04. The molecule has 7 heteroatoms. The Bertz CT molecular complexity index is 1130. The van der Waals surface area contributed by atoms with Crippen molar-refractivity contribution in [3.05, 3.63) is 30.1 Å². The van der Waals surface area contributed by atoms with Crippen molar-refractivity contribution in [2.45, 2.75) is 77.6 Å². The van der Waals surface area contributed by atoms with Crippen molar-refractivity contribution < 1.29 is 14.0 Å². The summed E-state index contributed by atoms with van der Waals surface area (Å²) in [5.41, 5.74) is 1.71. The minimum absolute atomic E-state index is 0.00730. The molecule has 1 aromatic heterocycles. The Labute approximate surface area is 206 Å². The molecule has 35 heavy (non-hydrogen) atoms. The van der Waals surface area contributed by atoms with Crippen LogP contribution in [0.3, 0.4) is 0 Å².